The van der Waals surface area contributed by atoms with Crippen molar-refractivity contribution in [1.82, 2.24) is 68.9 Å². The summed E-state index contributed by atoms with van der Waals surface area (Å²) in [5, 5.41) is 44.6. The van der Waals surface area contributed by atoms with Gasteiger partial charge < -0.3 is 95.9 Å². The second kappa shape index (κ2) is 46.2. The van der Waals surface area contributed by atoms with Gasteiger partial charge in [-0.2, -0.15) is 0 Å². The quantitative estimate of drug-likeness (QED) is 0.00674. The number of unbranched alkanes of at least 4 members (excludes halogenated alkanes) is 1. The van der Waals surface area contributed by atoms with Crippen LogP contribution in [0.1, 0.15) is 152 Å². The number of Topliss-reactive ketones (excluding diaryl/α,β-unsaturated/α-hetero) is 1. The topological polar surface area (TPSA) is 604 Å². The number of amides is 11. The number of hydrazine groups is 1. The number of carbonyl (C=O) groups excluding carboxylic acids is 14. The number of aliphatic carboxylic acids is 2. The lowest BCUT2D eigenvalue weighted by atomic mass is 9.98. The average molecular weight is 1390 g/mol. The maximum Gasteiger partial charge on any atom is 0.303 e. The van der Waals surface area contributed by atoms with Gasteiger partial charge in [0.05, 0.1) is 31.1 Å². The molecule has 0 saturated carbocycles. The molecule has 0 aromatic rings. The van der Waals surface area contributed by atoms with Crippen molar-refractivity contribution >= 4 is 101 Å². The predicted octanol–water partition coefficient (Wildman–Crippen LogP) is -5.88. The number of guanidine groups is 1. The molecular formula is C61H105N19O18. The monoisotopic (exact) mass is 1390 g/mol. The Labute approximate surface area is 569 Å². The molecule has 0 saturated heterocycles. The lowest BCUT2D eigenvalue weighted by Crippen LogP contribution is -2.68. The van der Waals surface area contributed by atoms with Gasteiger partial charge in [-0.25, -0.2) is 5.43 Å². The number of nitrogens with two attached hydrogens (primary N) is 5. The minimum absolute atomic E-state index is 0.0388. The third-order valence-corrected chi connectivity index (χ3v) is 15.3. The number of carboxylic acid groups (broad SMARTS) is 2. The van der Waals surface area contributed by atoms with Gasteiger partial charge in [0.15, 0.2) is 24.1 Å². The van der Waals surface area contributed by atoms with Crippen LogP contribution in [0, 0.1) is 17.8 Å². The summed E-state index contributed by atoms with van der Waals surface area (Å²) in [6.45, 7) is 12.1. The number of allylic oxidation sites excluding steroid dienone is 1. The number of nitrogens with zero attached hydrogens (tertiary/aromatic N) is 2. The van der Waals surface area contributed by atoms with Crippen LogP contribution >= 0.6 is 0 Å². The lowest BCUT2D eigenvalue weighted by Gasteiger charge is -2.36. The molecule has 11 amide bonds. The number of aldehydes is 2. The fourth-order valence-electron chi connectivity index (χ4n) is 9.72. The Morgan fingerprint density at radius 1 is 0.653 bits per heavy atom. The van der Waals surface area contributed by atoms with E-state index in [9.17, 15) is 86.9 Å². The van der Waals surface area contributed by atoms with Crippen molar-refractivity contribution in [2.24, 2.45) is 51.4 Å². The maximum atomic E-state index is 14.8. The van der Waals surface area contributed by atoms with E-state index in [1.54, 1.807) is 41.5 Å². The molecule has 1 heterocycles. The van der Waals surface area contributed by atoms with Gasteiger partial charge in [0, 0.05) is 32.4 Å². The molecule has 0 unspecified atom stereocenters. The molecule has 0 bridgehead atoms. The first-order valence-corrected chi connectivity index (χ1v) is 32.7. The summed E-state index contributed by atoms with van der Waals surface area (Å²) in [5.74, 6) is -15.3. The fourth-order valence-corrected chi connectivity index (χ4v) is 9.72. The van der Waals surface area contributed by atoms with Crippen LogP contribution < -0.4 is 92.7 Å². The van der Waals surface area contributed by atoms with E-state index in [1.807, 2.05) is 0 Å². The minimum atomic E-state index is -1.88. The van der Waals surface area contributed by atoms with E-state index in [2.05, 4.69) is 69.0 Å². The van der Waals surface area contributed by atoms with Crippen molar-refractivity contribution in [3.63, 3.8) is 0 Å². The number of nitrogens with one attached hydrogen (secondary N) is 12. The summed E-state index contributed by atoms with van der Waals surface area (Å²) in [4.78, 5) is 219. The molecule has 13 atom stereocenters. The van der Waals surface area contributed by atoms with E-state index in [-0.39, 0.29) is 95.1 Å². The van der Waals surface area contributed by atoms with Crippen LogP contribution in [0.25, 0.3) is 0 Å². The van der Waals surface area contributed by atoms with Gasteiger partial charge in [0.1, 0.15) is 54.9 Å². The summed E-state index contributed by atoms with van der Waals surface area (Å²) >= 11 is 0. The van der Waals surface area contributed by atoms with Gasteiger partial charge in [-0.3, -0.25) is 88.2 Å². The summed E-state index contributed by atoms with van der Waals surface area (Å²) in [6, 6.07) is -14.3. The fraction of sp³-hybridized carbons (Fsp3) is 0.689. The number of primary amides is 1. The molecular weight excluding hydrogens is 1290 g/mol. The van der Waals surface area contributed by atoms with Crippen LogP contribution in [-0.4, -0.2) is 215 Å². The molecule has 1 rings (SSSR count). The van der Waals surface area contributed by atoms with Crippen LogP contribution in [0.2, 0.25) is 0 Å². The largest absolute Gasteiger partial charge is 0.481 e. The van der Waals surface area contributed by atoms with Crippen molar-refractivity contribution < 1.29 is 86.9 Å². The zero-order valence-corrected chi connectivity index (χ0v) is 57.1. The van der Waals surface area contributed by atoms with E-state index in [0.717, 1.165) is 4.90 Å². The zero-order chi connectivity index (χ0) is 74.4. The van der Waals surface area contributed by atoms with E-state index in [1.165, 1.54) is 26.0 Å². The number of ketones is 1. The minimum Gasteiger partial charge on any atom is -0.481 e. The van der Waals surface area contributed by atoms with Gasteiger partial charge in [0.2, 0.25) is 53.2 Å². The Morgan fingerprint density at radius 3 is 1.70 bits per heavy atom. The molecule has 37 nitrogen and oxygen atoms in total. The maximum absolute atomic E-state index is 14.8. The zero-order valence-electron chi connectivity index (χ0n) is 57.1. The van der Waals surface area contributed by atoms with Gasteiger partial charge in [-0.15, -0.1) is 0 Å². The summed E-state index contributed by atoms with van der Waals surface area (Å²) in [6.07, 6.45) is -2.55. The van der Waals surface area contributed by atoms with Crippen LogP contribution in [0.3, 0.4) is 0 Å². The standard InChI is InChI=1S/C61H105N19O18/c1-9-34(6)49(78-79-59(97)51(68-35(7)30-81)80-25-14-10-11-18-46(85)69-36(8)52(90)77-50(60(80)98)70-37(31-82)19-21-47(86)87)58(96)73-38(16-12-13-23-62)53(91)72-40(20-22-48(88)89)55(93)75-42(27-33(4)5)56(94)71-39(17-15-24-67-61(65)66)54(92)76-43(28-45(64)84)57(95)74-41(26-32(2)3)44(83)29-63/h10,14,30-43,49-51,68,70,78H,9,11-13,15-29,62-63H2,1-8H3,(H2,64,84)(H,69,85)(H,71,94)(H,72,91)(H,73,96)(H,74,95)(H,75,93)(H,76,92)(H,77,90)(H,79,97)(H,86,87)(H,88,89)(H4,65,66,67)/t34-,35-,36-,37-,38-,39-,40-,41-,42-,43-,49-,50+,51+/m0/s1. The Balaban J connectivity index is 3.83. The normalized spacial score (nSPS) is 17.8. The Kier molecular flexibility index (Phi) is 41.0. The molecule has 0 aromatic heterocycles. The first-order valence-electron chi connectivity index (χ1n) is 32.7. The molecule has 24 N–H and O–H groups in total. The third-order valence-electron chi connectivity index (χ3n) is 15.3. The summed E-state index contributed by atoms with van der Waals surface area (Å²) < 4.78 is 0. The van der Waals surface area contributed by atoms with E-state index in [0.29, 0.717) is 19.0 Å². The third kappa shape index (κ3) is 33.7. The second-order valence-electron chi connectivity index (χ2n) is 24.7. The van der Waals surface area contributed by atoms with Crippen LogP contribution in [-0.2, 0) is 76.7 Å². The van der Waals surface area contributed by atoms with Crippen molar-refractivity contribution in [3.8, 4) is 0 Å². The van der Waals surface area contributed by atoms with E-state index in [4.69, 9.17) is 28.7 Å². The predicted molar refractivity (Wildman–Crippen MR) is 355 cm³/mol. The molecule has 0 radical (unpaired) electrons. The summed E-state index contributed by atoms with van der Waals surface area (Å²) in [5.41, 5.74) is 32.9. The van der Waals surface area contributed by atoms with Crippen molar-refractivity contribution in [3.05, 3.63) is 12.2 Å². The number of carboxylic acids is 2. The van der Waals surface area contributed by atoms with Crippen LogP contribution in [0.15, 0.2) is 17.1 Å². The highest BCUT2D eigenvalue weighted by molar-refractivity contribution is 5.99. The van der Waals surface area contributed by atoms with Gasteiger partial charge >= 0.3 is 11.9 Å². The number of rotatable bonds is 46. The van der Waals surface area contributed by atoms with Crippen molar-refractivity contribution in [2.75, 3.05) is 26.2 Å². The average Bonchev–Trinajstić information content (AvgIpc) is 0.951. The first kappa shape index (κ1) is 86.9. The van der Waals surface area contributed by atoms with Gasteiger partial charge in [0.25, 0.3) is 11.8 Å². The Morgan fingerprint density at radius 2 is 1.17 bits per heavy atom. The molecule has 1 aliphatic rings. The highest BCUT2D eigenvalue weighted by Gasteiger charge is 2.40. The molecule has 0 aromatic carbocycles. The van der Waals surface area contributed by atoms with Crippen LogP contribution in [0.5, 0.6) is 0 Å². The molecule has 0 fully saturated rings. The molecule has 0 spiro atoms. The molecule has 0 aliphatic carbocycles. The number of carbonyl (C=O) groups is 16. The number of aliphatic imine (C=N–C) groups is 1. The van der Waals surface area contributed by atoms with E-state index < -0.39 is 200 Å². The van der Waals surface area contributed by atoms with Crippen LogP contribution in [0.4, 0.5) is 0 Å². The molecule has 552 valence electrons. The first-order chi connectivity index (χ1) is 46.1. The highest BCUT2D eigenvalue weighted by atomic mass is 16.4. The number of hydrogen-bond acceptors (Lipinski definition) is 22. The smallest absolute Gasteiger partial charge is 0.303 e. The SMILES string of the molecule is CC[C@H](C)[C@H](NNC(=O)[C@H](N[C@@H](C)C=O)N1CC=CCCC(=O)N[C@@H](C)C(=O)N[C@@H](N[C@H](C=O)CCC(=O)O)C1=O)C(=O)N[C@@H](CCCCN)C(=O)N[C@@H](CCC(=O)O)C(=O)N[C@@H](CC(C)C)C(=O)N[C@@H](CCCN=C(N)N)C(=O)N[C@@H](CC(N)=O)C(=O)N[C@@H](CC(C)C)C(=O)CN. The van der Waals surface area contributed by atoms with Gasteiger partial charge in [-0.1, -0.05) is 60.1 Å². The second-order valence-corrected chi connectivity index (χ2v) is 24.7. The van der Waals surface area contributed by atoms with E-state index >= 15 is 0 Å². The van der Waals surface area contributed by atoms with Crippen molar-refractivity contribution in [2.45, 2.75) is 224 Å². The summed E-state index contributed by atoms with van der Waals surface area (Å²) in [7, 11) is 0. The molecule has 37 heteroatoms. The number of hydrogen-bond donors (Lipinski definition) is 19. The molecule has 1 aliphatic heterocycles. The van der Waals surface area contributed by atoms with Gasteiger partial charge in [-0.05, 0) is 102 Å². The van der Waals surface area contributed by atoms with Crippen molar-refractivity contribution in [1.29, 1.82) is 0 Å². The Hall–Kier alpha value is -9.07. The molecule has 98 heavy (non-hydrogen) atoms. The Bertz CT molecular complexity index is 2790. The lowest BCUT2D eigenvalue weighted by molar-refractivity contribution is -0.146. The highest BCUT2D eigenvalue weighted by Crippen LogP contribution is 2.15.